The molecule has 18 heavy (non-hydrogen) atoms. The van der Waals surface area contributed by atoms with Crippen molar-refractivity contribution in [2.24, 2.45) is 0 Å². The van der Waals surface area contributed by atoms with Gasteiger partial charge in [-0.05, 0) is 24.3 Å². The van der Waals surface area contributed by atoms with Gasteiger partial charge in [0.15, 0.2) is 0 Å². The number of nitrogens with zero attached hydrogens (tertiary/aromatic N) is 2. The van der Waals surface area contributed by atoms with Crippen molar-refractivity contribution in [2.45, 2.75) is 32.7 Å². The summed E-state index contributed by atoms with van der Waals surface area (Å²) in [6.45, 7) is 3.24. The Balaban J connectivity index is 2.45. The number of imidazole rings is 1. The second-order valence-corrected chi connectivity index (χ2v) is 4.81. The average Bonchev–Trinajstić information content (AvgIpc) is 2.73. The molecule has 0 radical (unpaired) electrons. The maximum atomic E-state index is 5.25. The van der Waals surface area contributed by atoms with Gasteiger partial charge in [-0.2, -0.15) is 12.6 Å². The third kappa shape index (κ3) is 2.64. The van der Waals surface area contributed by atoms with E-state index in [2.05, 4.69) is 30.2 Å². The molecular formula is C14H20N2OS. The zero-order valence-corrected chi connectivity index (χ0v) is 11.9. The number of hydrogen-bond donors (Lipinski definition) is 1. The molecule has 0 fully saturated rings. The third-order valence-corrected chi connectivity index (χ3v) is 3.33. The highest BCUT2D eigenvalue weighted by Crippen LogP contribution is 2.22. The Labute approximate surface area is 114 Å². The van der Waals surface area contributed by atoms with Crippen molar-refractivity contribution >= 4 is 23.7 Å². The van der Waals surface area contributed by atoms with Gasteiger partial charge in [0.1, 0.15) is 11.6 Å². The van der Waals surface area contributed by atoms with Crippen molar-refractivity contribution in [2.75, 3.05) is 12.9 Å². The number of aromatic nitrogens is 2. The van der Waals surface area contributed by atoms with E-state index in [4.69, 9.17) is 9.72 Å². The third-order valence-electron chi connectivity index (χ3n) is 3.11. The van der Waals surface area contributed by atoms with Crippen LogP contribution >= 0.6 is 12.6 Å². The number of rotatable bonds is 6. The molecule has 2 aromatic rings. The zero-order valence-electron chi connectivity index (χ0n) is 11.0. The highest BCUT2D eigenvalue weighted by atomic mass is 32.1. The van der Waals surface area contributed by atoms with Crippen LogP contribution in [0.1, 0.15) is 25.6 Å². The van der Waals surface area contributed by atoms with E-state index in [-0.39, 0.29) is 0 Å². The van der Waals surface area contributed by atoms with Gasteiger partial charge >= 0.3 is 0 Å². The molecule has 0 N–H and O–H groups in total. The minimum Gasteiger partial charge on any atom is -0.497 e. The van der Waals surface area contributed by atoms with Crippen molar-refractivity contribution < 1.29 is 4.74 Å². The fourth-order valence-corrected chi connectivity index (χ4v) is 2.34. The van der Waals surface area contributed by atoms with Gasteiger partial charge < -0.3 is 9.30 Å². The molecule has 0 atom stereocenters. The van der Waals surface area contributed by atoms with Crippen LogP contribution in [0, 0.1) is 0 Å². The molecule has 1 heterocycles. The van der Waals surface area contributed by atoms with Gasteiger partial charge in [0, 0.05) is 19.0 Å². The normalized spacial score (nSPS) is 11.1. The molecule has 98 valence electrons. The summed E-state index contributed by atoms with van der Waals surface area (Å²) in [4.78, 5) is 4.70. The Bertz CT molecular complexity index is 522. The van der Waals surface area contributed by atoms with E-state index in [0.717, 1.165) is 35.8 Å². The van der Waals surface area contributed by atoms with Crippen LogP contribution in [0.25, 0.3) is 11.0 Å². The molecule has 0 unspecified atom stereocenters. The van der Waals surface area contributed by atoms with Crippen LogP contribution in [0.15, 0.2) is 18.2 Å². The molecule has 0 bridgehead atoms. The molecule has 1 aromatic carbocycles. The van der Waals surface area contributed by atoms with Gasteiger partial charge in [0.25, 0.3) is 0 Å². The monoisotopic (exact) mass is 264 g/mol. The van der Waals surface area contributed by atoms with Gasteiger partial charge in [-0.25, -0.2) is 4.98 Å². The van der Waals surface area contributed by atoms with E-state index in [1.807, 2.05) is 12.1 Å². The first-order valence-corrected chi connectivity index (χ1v) is 7.07. The molecule has 2 rings (SSSR count). The van der Waals surface area contributed by atoms with Crippen LogP contribution in [0.2, 0.25) is 0 Å². The first-order valence-electron chi connectivity index (χ1n) is 6.44. The molecule has 3 nitrogen and oxygen atoms in total. The summed E-state index contributed by atoms with van der Waals surface area (Å²) in [5.41, 5.74) is 2.21. The zero-order chi connectivity index (χ0) is 13.0. The standard InChI is InChI=1S/C14H20N2OS/c1-3-4-8-16-13-6-5-11(17-2)10-12(13)15-14(16)7-9-18/h5-6,10,18H,3-4,7-9H2,1-2H3. The number of unbranched alkanes of at least 4 members (excludes halogenated alkanes) is 1. The second kappa shape index (κ2) is 6.14. The predicted molar refractivity (Wildman–Crippen MR) is 78.8 cm³/mol. The van der Waals surface area contributed by atoms with Crippen molar-refractivity contribution in [3.8, 4) is 5.75 Å². The first kappa shape index (κ1) is 13.3. The van der Waals surface area contributed by atoms with E-state index in [0.29, 0.717) is 0 Å². The Morgan fingerprint density at radius 1 is 1.39 bits per heavy atom. The predicted octanol–water partition coefficient (Wildman–Crippen LogP) is 3.32. The molecule has 0 saturated carbocycles. The van der Waals surface area contributed by atoms with Crippen LogP contribution in [-0.4, -0.2) is 22.4 Å². The number of methoxy groups -OCH3 is 1. The number of ether oxygens (including phenoxy) is 1. The fraction of sp³-hybridized carbons (Fsp3) is 0.500. The Morgan fingerprint density at radius 3 is 2.89 bits per heavy atom. The number of hydrogen-bond acceptors (Lipinski definition) is 3. The van der Waals surface area contributed by atoms with Crippen molar-refractivity contribution in [3.63, 3.8) is 0 Å². The Morgan fingerprint density at radius 2 is 2.22 bits per heavy atom. The molecule has 0 aliphatic carbocycles. The van der Waals surface area contributed by atoms with E-state index in [9.17, 15) is 0 Å². The molecule has 4 heteroatoms. The van der Waals surface area contributed by atoms with Gasteiger partial charge in [0.2, 0.25) is 0 Å². The lowest BCUT2D eigenvalue weighted by molar-refractivity contribution is 0.415. The van der Waals surface area contributed by atoms with Crippen LogP contribution < -0.4 is 4.74 Å². The summed E-state index contributed by atoms with van der Waals surface area (Å²) in [5, 5.41) is 0. The SMILES string of the molecule is CCCCn1c(CCS)nc2cc(OC)ccc21. The number of fused-ring (bicyclic) bond motifs is 1. The molecule has 0 saturated heterocycles. The minimum atomic E-state index is 0.826. The molecular weight excluding hydrogens is 244 g/mol. The minimum absolute atomic E-state index is 0.826. The van der Waals surface area contributed by atoms with Gasteiger partial charge in [0.05, 0.1) is 18.1 Å². The first-order chi connectivity index (χ1) is 8.80. The van der Waals surface area contributed by atoms with Gasteiger partial charge in [-0.15, -0.1) is 0 Å². The van der Waals surface area contributed by atoms with E-state index in [1.54, 1.807) is 7.11 Å². The van der Waals surface area contributed by atoms with Crippen molar-refractivity contribution in [1.29, 1.82) is 0 Å². The van der Waals surface area contributed by atoms with E-state index in [1.165, 1.54) is 18.4 Å². The Kier molecular flexibility index (Phi) is 4.53. The quantitative estimate of drug-likeness (QED) is 0.810. The molecule has 0 amide bonds. The molecule has 1 aromatic heterocycles. The summed E-state index contributed by atoms with van der Waals surface area (Å²) in [6, 6.07) is 6.09. The number of thiol groups is 1. The highest BCUT2D eigenvalue weighted by Gasteiger charge is 2.10. The summed E-state index contributed by atoms with van der Waals surface area (Å²) in [7, 11) is 1.68. The maximum Gasteiger partial charge on any atom is 0.121 e. The van der Waals surface area contributed by atoms with Crippen LogP contribution in [-0.2, 0) is 13.0 Å². The number of aryl methyl sites for hydroxylation is 2. The van der Waals surface area contributed by atoms with Crippen LogP contribution in [0.3, 0.4) is 0 Å². The summed E-state index contributed by atoms with van der Waals surface area (Å²) in [6.07, 6.45) is 3.27. The van der Waals surface area contributed by atoms with Crippen molar-refractivity contribution in [1.82, 2.24) is 9.55 Å². The number of benzene rings is 1. The maximum absolute atomic E-state index is 5.25. The largest absolute Gasteiger partial charge is 0.497 e. The molecule has 0 aliphatic heterocycles. The lowest BCUT2D eigenvalue weighted by atomic mass is 10.3. The average molecular weight is 264 g/mol. The Hall–Kier alpha value is -1.16. The smallest absolute Gasteiger partial charge is 0.121 e. The second-order valence-electron chi connectivity index (χ2n) is 4.36. The van der Waals surface area contributed by atoms with Gasteiger partial charge in [-0.1, -0.05) is 13.3 Å². The topological polar surface area (TPSA) is 27.1 Å². The lowest BCUT2D eigenvalue weighted by Gasteiger charge is -2.07. The van der Waals surface area contributed by atoms with E-state index < -0.39 is 0 Å². The summed E-state index contributed by atoms with van der Waals surface area (Å²) < 4.78 is 7.56. The summed E-state index contributed by atoms with van der Waals surface area (Å²) >= 11 is 4.31. The van der Waals surface area contributed by atoms with Gasteiger partial charge in [-0.3, -0.25) is 0 Å². The molecule has 0 spiro atoms. The highest BCUT2D eigenvalue weighted by molar-refractivity contribution is 7.80. The summed E-state index contributed by atoms with van der Waals surface area (Å²) in [5.74, 6) is 2.81. The fourth-order valence-electron chi connectivity index (χ4n) is 2.14. The molecule has 0 aliphatic rings. The van der Waals surface area contributed by atoms with E-state index >= 15 is 0 Å². The lowest BCUT2D eigenvalue weighted by Crippen LogP contribution is -2.04. The van der Waals surface area contributed by atoms with Crippen LogP contribution in [0.5, 0.6) is 5.75 Å². The van der Waals surface area contributed by atoms with Crippen molar-refractivity contribution in [3.05, 3.63) is 24.0 Å². The van der Waals surface area contributed by atoms with Crippen LogP contribution in [0.4, 0.5) is 0 Å².